The number of fused-ring (bicyclic) bond motifs is 2. The minimum atomic E-state index is -0.921. The zero-order valence-electron chi connectivity index (χ0n) is 27.1. The fourth-order valence-electron chi connectivity index (χ4n) is 5.42. The number of H-pyrrole nitrogens is 2. The molecule has 0 saturated heterocycles. The summed E-state index contributed by atoms with van der Waals surface area (Å²) in [7, 11) is 4.53. The van der Waals surface area contributed by atoms with E-state index in [2.05, 4.69) is 9.97 Å². The maximum Gasteiger partial charge on any atom is 0.309 e. The summed E-state index contributed by atoms with van der Waals surface area (Å²) >= 11 is 0. The molecule has 0 radical (unpaired) electrons. The number of ether oxygens (including phenoxy) is 3. The molecule has 2 atom stereocenters. The number of benzene rings is 2. The van der Waals surface area contributed by atoms with Gasteiger partial charge in [-0.3, -0.25) is 19.2 Å². The lowest BCUT2D eigenvalue weighted by molar-refractivity contribution is -0.146. The topological polar surface area (TPSA) is 148 Å². The van der Waals surface area contributed by atoms with Crippen LogP contribution in [0.25, 0.3) is 21.8 Å². The van der Waals surface area contributed by atoms with Crippen molar-refractivity contribution in [3.8, 4) is 11.5 Å². The third kappa shape index (κ3) is 10.7. The van der Waals surface area contributed by atoms with Crippen LogP contribution in [0.4, 0.5) is 0 Å². The van der Waals surface area contributed by atoms with Gasteiger partial charge in [0.25, 0.3) is 0 Å². The van der Waals surface area contributed by atoms with Gasteiger partial charge in [-0.15, -0.1) is 0 Å². The number of hydrogen-bond acceptors (Lipinski definition) is 7. The molecule has 3 N–H and O–H groups in total. The highest BCUT2D eigenvalue weighted by molar-refractivity contribution is 6.03. The Labute approximate surface area is 278 Å². The molecule has 0 unspecified atom stereocenters. The lowest BCUT2D eigenvalue weighted by Crippen LogP contribution is -2.21. The van der Waals surface area contributed by atoms with Gasteiger partial charge in [0.15, 0.2) is 11.6 Å². The van der Waals surface area contributed by atoms with Gasteiger partial charge in [0.05, 0.1) is 44.6 Å². The molecule has 47 heavy (non-hydrogen) atoms. The Morgan fingerprint density at radius 3 is 1.45 bits per heavy atom. The molecule has 2 aromatic heterocycles. The summed E-state index contributed by atoms with van der Waals surface area (Å²) < 4.78 is 15.4. The Balaban J connectivity index is 0.000000451. The van der Waals surface area contributed by atoms with Crippen LogP contribution in [0, 0.1) is 23.7 Å². The molecule has 10 heteroatoms. The van der Waals surface area contributed by atoms with E-state index in [-0.39, 0.29) is 51.1 Å². The van der Waals surface area contributed by atoms with Crippen molar-refractivity contribution in [3.63, 3.8) is 0 Å². The van der Waals surface area contributed by atoms with Crippen molar-refractivity contribution in [3.05, 3.63) is 59.9 Å². The van der Waals surface area contributed by atoms with Crippen LogP contribution in [0.2, 0.25) is 0 Å². The third-order valence-corrected chi connectivity index (χ3v) is 7.55. The minimum Gasteiger partial charge on any atom is -0.496 e. The van der Waals surface area contributed by atoms with Crippen LogP contribution < -0.4 is 9.47 Å². The van der Waals surface area contributed by atoms with Crippen molar-refractivity contribution in [2.75, 3.05) is 21.3 Å². The fourth-order valence-corrected chi connectivity index (χ4v) is 5.42. The van der Waals surface area contributed by atoms with E-state index >= 15 is 0 Å². The van der Waals surface area contributed by atoms with Crippen LogP contribution in [0.5, 0.6) is 11.5 Å². The van der Waals surface area contributed by atoms with E-state index < -0.39 is 17.8 Å². The molecular formula is C37H52N2O8. The number of aromatic nitrogens is 2. The van der Waals surface area contributed by atoms with Gasteiger partial charge in [-0.25, -0.2) is 0 Å². The summed E-state index contributed by atoms with van der Waals surface area (Å²) in [4.78, 5) is 54.2. The number of rotatable bonds is 14. The minimum absolute atomic E-state index is 0. The molecule has 0 aliphatic rings. The van der Waals surface area contributed by atoms with E-state index in [1.807, 2.05) is 64.1 Å². The number of carboxylic acid groups (broad SMARTS) is 1. The van der Waals surface area contributed by atoms with Crippen molar-refractivity contribution in [1.82, 2.24) is 9.97 Å². The summed E-state index contributed by atoms with van der Waals surface area (Å²) in [5, 5.41) is 10.9. The zero-order chi connectivity index (χ0) is 33.3. The van der Waals surface area contributed by atoms with E-state index in [0.29, 0.717) is 41.6 Å². The van der Waals surface area contributed by atoms with Crippen molar-refractivity contribution >= 4 is 45.3 Å². The molecule has 0 saturated carbocycles. The largest absolute Gasteiger partial charge is 0.496 e. The molecular weight excluding hydrogens is 600 g/mol. The maximum absolute atomic E-state index is 12.5. The molecule has 0 aliphatic carbocycles. The number of ketones is 2. The van der Waals surface area contributed by atoms with Gasteiger partial charge >= 0.3 is 11.9 Å². The van der Waals surface area contributed by atoms with Gasteiger partial charge in [-0.2, -0.15) is 0 Å². The monoisotopic (exact) mass is 652 g/mol. The molecule has 2 aromatic carbocycles. The average molecular weight is 653 g/mol. The normalized spacial score (nSPS) is 11.9. The molecule has 2 heterocycles. The highest BCUT2D eigenvalue weighted by atomic mass is 16.5. The van der Waals surface area contributed by atoms with Gasteiger partial charge in [0, 0.05) is 34.6 Å². The van der Waals surface area contributed by atoms with E-state index in [9.17, 15) is 24.3 Å². The highest BCUT2D eigenvalue weighted by Gasteiger charge is 2.26. The van der Waals surface area contributed by atoms with Gasteiger partial charge in [0.2, 0.25) is 0 Å². The second-order valence-corrected chi connectivity index (χ2v) is 12.0. The summed E-state index contributed by atoms with van der Waals surface area (Å²) in [5.74, 6) is -0.663. The third-order valence-electron chi connectivity index (χ3n) is 7.55. The van der Waals surface area contributed by atoms with E-state index in [4.69, 9.17) is 14.2 Å². The van der Waals surface area contributed by atoms with E-state index in [0.717, 1.165) is 21.8 Å². The molecule has 0 bridgehead atoms. The second kappa shape index (κ2) is 18.5. The first kappa shape index (κ1) is 40.4. The predicted molar refractivity (Wildman–Crippen MR) is 187 cm³/mol. The number of esters is 1. The Morgan fingerprint density at radius 2 is 1.09 bits per heavy atom. The smallest absolute Gasteiger partial charge is 0.309 e. The number of methoxy groups -OCH3 is 3. The highest BCUT2D eigenvalue weighted by Crippen LogP contribution is 2.29. The second-order valence-electron chi connectivity index (χ2n) is 12.0. The first-order chi connectivity index (χ1) is 21.4. The molecule has 4 aromatic rings. The van der Waals surface area contributed by atoms with E-state index in [1.54, 1.807) is 26.4 Å². The molecule has 0 amide bonds. The maximum atomic E-state index is 12.5. The Hall–Kier alpha value is -4.60. The molecule has 0 aliphatic heterocycles. The van der Waals surface area contributed by atoms with Gasteiger partial charge in [0.1, 0.15) is 11.5 Å². The lowest BCUT2D eigenvalue weighted by atomic mass is 9.92. The fraction of sp³-hybridized carbons (Fsp3) is 0.459. The number of carbonyl (C=O) groups is 4. The number of aliphatic carboxylic acids is 1. The standard InChI is InChI=1S/C18H23NO4.C17H21NO4.2CH4/c1-11(2)8-12(18(21)23-4)9-16(20)15-10-13-14(19-15)6-5-7-17(13)22-3;1-10(2)7-11(17(20)21)8-15(19)14-9-12-13(18-14)5-4-6-16(12)22-3;;/h5-7,10-12,19H,8-9H2,1-4H3;4-6,9-11,18H,7-8H2,1-3H3,(H,20,21);2*1H4/t12-;11-;;/m11../s1. The summed E-state index contributed by atoms with van der Waals surface area (Å²) in [6.07, 6.45) is 1.26. The molecule has 0 spiro atoms. The molecule has 0 fully saturated rings. The summed E-state index contributed by atoms with van der Waals surface area (Å²) in [5.41, 5.74) is 2.56. The van der Waals surface area contributed by atoms with Gasteiger partial charge in [-0.1, -0.05) is 54.7 Å². The molecule has 10 nitrogen and oxygen atoms in total. The average Bonchev–Trinajstić information content (AvgIpc) is 3.64. The van der Waals surface area contributed by atoms with Crippen molar-refractivity contribution in [2.24, 2.45) is 23.7 Å². The van der Waals surface area contributed by atoms with Gasteiger partial charge < -0.3 is 29.3 Å². The number of carbonyl (C=O) groups excluding carboxylic acids is 3. The zero-order valence-corrected chi connectivity index (χ0v) is 27.1. The summed E-state index contributed by atoms with van der Waals surface area (Å²) in [6.45, 7) is 7.95. The quantitative estimate of drug-likeness (QED) is 0.0909. The number of aromatic amines is 2. The Kier molecular flexibility index (Phi) is 15.9. The summed E-state index contributed by atoms with van der Waals surface area (Å²) in [6, 6.07) is 14.6. The Bertz CT molecular complexity index is 1630. The van der Waals surface area contributed by atoms with Crippen molar-refractivity contribution < 1.29 is 38.5 Å². The van der Waals surface area contributed by atoms with E-state index in [1.165, 1.54) is 7.11 Å². The van der Waals surface area contributed by atoms with Crippen LogP contribution in [-0.4, -0.2) is 59.9 Å². The number of hydrogen-bond donors (Lipinski definition) is 3. The van der Waals surface area contributed by atoms with Crippen LogP contribution in [-0.2, 0) is 14.3 Å². The first-order valence-corrected chi connectivity index (χ1v) is 15.1. The van der Waals surface area contributed by atoms with Crippen molar-refractivity contribution in [1.29, 1.82) is 0 Å². The Morgan fingerprint density at radius 1 is 0.681 bits per heavy atom. The molecule has 4 rings (SSSR count). The SMILES string of the molecule is C.C.COC(=O)[C@@H](CC(=O)c1cc2c(OC)cccc2[nH]1)CC(C)C.COc1cccc2[nH]c(C(=O)C[C@@H](CC(C)C)C(=O)O)cc12. The van der Waals surface area contributed by atoms with Crippen LogP contribution in [0.1, 0.15) is 89.2 Å². The van der Waals surface area contributed by atoms with Crippen LogP contribution >= 0.6 is 0 Å². The number of Topliss-reactive ketones (excluding diaryl/α,β-unsaturated/α-hetero) is 2. The lowest BCUT2D eigenvalue weighted by Gasteiger charge is -2.15. The van der Waals surface area contributed by atoms with Crippen molar-refractivity contribution in [2.45, 2.75) is 68.2 Å². The number of nitrogens with one attached hydrogen (secondary N) is 2. The van der Waals surface area contributed by atoms with Gasteiger partial charge in [-0.05, 0) is 61.1 Å². The first-order valence-electron chi connectivity index (χ1n) is 15.1. The van der Waals surface area contributed by atoms with Crippen LogP contribution in [0.3, 0.4) is 0 Å². The number of carboxylic acids is 1. The molecule has 258 valence electrons. The van der Waals surface area contributed by atoms with Crippen LogP contribution in [0.15, 0.2) is 48.5 Å². The predicted octanol–water partition coefficient (Wildman–Crippen LogP) is 8.35.